The molecule has 0 saturated carbocycles. The van der Waals surface area contributed by atoms with Gasteiger partial charge in [-0.2, -0.15) is 0 Å². The molecule has 3 rings (SSSR count). The van der Waals surface area contributed by atoms with Crippen LogP contribution in [0.15, 0.2) is 65.6 Å². The Morgan fingerprint density at radius 2 is 1.85 bits per heavy atom. The van der Waals surface area contributed by atoms with E-state index < -0.39 is 17.2 Å². The lowest BCUT2D eigenvalue weighted by Crippen LogP contribution is -2.26. The standard InChI is InChI=1S/C20H17FN2O3/c1-23-10-9-17(18(24)20(23)26)19(25)22-12-13-3-2-4-15(11-13)14-5-7-16(21)8-6-14/h2-11,24H,12H2,1H3,(H,22,25). The van der Waals surface area contributed by atoms with Gasteiger partial charge in [0.05, 0.1) is 5.56 Å². The fourth-order valence-corrected chi connectivity index (χ4v) is 2.58. The maximum absolute atomic E-state index is 13.0. The predicted octanol–water partition coefficient (Wildman–Crippen LogP) is 2.83. The zero-order valence-electron chi connectivity index (χ0n) is 14.1. The highest BCUT2D eigenvalue weighted by atomic mass is 19.1. The van der Waals surface area contributed by atoms with Gasteiger partial charge in [-0.25, -0.2) is 4.39 Å². The van der Waals surface area contributed by atoms with Gasteiger partial charge >= 0.3 is 0 Å². The van der Waals surface area contributed by atoms with Gasteiger partial charge in [0.15, 0.2) is 5.75 Å². The van der Waals surface area contributed by atoms with Crippen molar-refractivity contribution in [2.24, 2.45) is 7.05 Å². The van der Waals surface area contributed by atoms with Crippen LogP contribution in [0, 0.1) is 5.82 Å². The second kappa shape index (κ2) is 7.23. The molecule has 0 spiro atoms. The number of halogens is 1. The summed E-state index contributed by atoms with van der Waals surface area (Å²) in [5.74, 6) is -1.41. The first-order valence-electron chi connectivity index (χ1n) is 7.97. The minimum absolute atomic E-state index is 0.0669. The number of benzene rings is 2. The maximum Gasteiger partial charge on any atom is 0.293 e. The fourth-order valence-electron chi connectivity index (χ4n) is 2.58. The number of amides is 1. The topological polar surface area (TPSA) is 71.3 Å². The minimum Gasteiger partial charge on any atom is -0.502 e. The molecule has 3 aromatic rings. The van der Waals surface area contributed by atoms with E-state index in [1.54, 1.807) is 12.1 Å². The number of hydrogen-bond donors (Lipinski definition) is 2. The normalized spacial score (nSPS) is 10.5. The molecule has 5 nitrogen and oxygen atoms in total. The van der Waals surface area contributed by atoms with Crippen LogP contribution in [0.3, 0.4) is 0 Å². The summed E-state index contributed by atoms with van der Waals surface area (Å²) in [6, 6.07) is 15.0. The van der Waals surface area contributed by atoms with Gasteiger partial charge in [-0.15, -0.1) is 0 Å². The van der Waals surface area contributed by atoms with E-state index in [0.717, 1.165) is 16.7 Å². The van der Waals surface area contributed by atoms with E-state index in [2.05, 4.69) is 5.32 Å². The number of pyridine rings is 1. The first kappa shape index (κ1) is 17.4. The van der Waals surface area contributed by atoms with Crippen molar-refractivity contribution in [2.45, 2.75) is 6.54 Å². The molecule has 0 aliphatic heterocycles. The summed E-state index contributed by atoms with van der Waals surface area (Å²) in [5.41, 5.74) is 1.90. The van der Waals surface area contributed by atoms with Crippen molar-refractivity contribution in [3.8, 4) is 16.9 Å². The number of carbonyl (C=O) groups is 1. The van der Waals surface area contributed by atoms with E-state index in [-0.39, 0.29) is 17.9 Å². The molecule has 2 aromatic carbocycles. The number of carbonyl (C=O) groups excluding carboxylic acids is 1. The van der Waals surface area contributed by atoms with Gasteiger partial charge in [0.2, 0.25) is 0 Å². The van der Waals surface area contributed by atoms with Crippen LogP contribution < -0.4 is 10.9 Å². The third-order valence-corrected chi connectivity index (χ3v) is 4.05. The summed E-state index contributed by atoms with van der Waals surface area (Å²) >= 11 is 0. The van der Waals surface area contributed by atoms with E-state index in [4.69, 9.17) is 0 Å². The van der Waals surface area contributed by atoms with Crippen molar-refractivity contribution in [3.05, 3.63) is 88.1 Å². The second-order valence-electron chi connectivity index (χ2n) is 5.88. The van der Waals surface area contributed by atoms with Crippen LogP contribution in [0.1, 0.15) is 15.9 Å². The molecular formula is C20H17FN2O3. The van der Waals surface area contributed by atoms with E-state index >= 15 is 0 Å². The molecular weight excluding hydrogens is 335 g/mol. The Kier molecular flexibility index (Phi) is 4.84. The monoisotopic (exact) mass is 352 g/mol. The van der Waals surface area contributed by atoms with Crippen LogP contribution in [0.4, 0.5) is 4.39 Å². The molecule has 2 N–H and O–H groups in total. The van der Waals surface area contributed by atoms with Gasteiger partial charge in [-0.1, -0.05) is 30.3 Å². The summed E-state index contributed by atoms with van der Waals surface area (Å²) in [6.45, 7) is 0.225. The molecule has 6 heteroatoms. The molecule has 0 unspecified atom stereocenters. The first-order chi connectivity index (χ1) is 12.5. The summed E-state index contributed by atoms with van der Waals surface area (Å²) in [5, 5.41) is 12.5. The van der Waals surface area contributed by atoms with Crippen LogP contribution in [-0.2, 0) is 13.6 Å². The maximum atomic E-state index is 13.0. The number of nitrogens with one attached hydrogen (secondary N) is 1. The van der Waals surface area contributed by atoms with E-state index in [0.29, 0.717) is 0 Å². The van der Waals surface area contributed by atoms with Crippen LogP contribution in [-0.4, -0.2) is 15.6 Å². The third-order valence-electron chi connectivity index (χ3n) is 4.05. The first-order valence-corrected chi connectivity index (χ1v) is 7.97. The molecule has 0 atom stereocenters. The molecule has 1 amide bonds. The highest BCUT2D eigenvalue weighted by Gasteiger charge is 2.14. The van der Waals surface area contributed by atoms with Gasteiger partial charge in [0.25, 0.3) is 11.5 Å². The number of aryl methyl sites for hydroxylation is 1. The third kappa shape index (κ3) is 3.64. The highest BCUT2D eigenvalue weighted by Crippen LogP contribution is 2.21. The Balaban J connectivity index is 1.75. The molecule has 0 fully saturated rings. The zero-order valence-corrected chi connectivity index (χ0v) is 14.1. The Morgan fingerprint density at radius 3 is 2.58 bits per heavy atom. The van der Waals surface area contributed by atoms with E-state index in [1.165, 1.54) is 36.0 Å². The van der Waals surface area contributed by atoms with Crippen LogP contribution in [0.5, 0.6) is 5.75 Å². The van der Waals surface area contributed by atoms with E-state index in [9.17, 15) is 19.1 Å². The smallest absolute Gasteiger partial charge is 0.293 e. The van der Waals surface area contributed by atoms with Crippen LogP contribution in [0.2, 0.25) is 0 Å². The van der Waals surface area contributed by atoms with Gasteiger partial charge in [0, 0.05) is 19.8 Å². The predicted molar refractivity (Wildman–Crippen MR) is 96.4 cm³/mol. The Hall–Kier alpha value is -3.41. The van der Waals surface area contributed by atoms with Gasteiger partial charge in [-0.3, -0.25) is 9.59 Å². The average Bonchev–Trinajstić information content (AvgIpc) is 2.65. The van der Waals surface area contributed by atoms with E-state index in [1.807, 2.05) is 24.3 Å². The van der Waals surface area contributed by atoms with Crippen molar-refractivity contribution >= 4 is 5.91 Å². The number of rotatable bonds is 4. The number of hydrogen-bond acceptors (Lipinski definition) is 3. The minimum atomic E-state index is -0.629. The van der Waals surface area contributed by atoms with Crippen molar-refractivity contribution in [1.82, 2.24) is 9.88 Å². The van der Waals surface area contributed by atoms with Crippen molar-refractivity contribution < 1.29 is 14.3 Å². The number of aromatic nitrogens is 1. The van der Waals surface area contributed by atoms with Gasteiger partial charge in [0.1, 0.15) is 5.82 Å². The van der Waals surface area contributed by atoms with Crippen molar-refractivity contribution in [1.29, 1.82) is 0 Å². The highest BCUT2D eigenvalue weighted by molar-refractivity contribution is 5.96. The number of aromatic hydroxyl groups is 1. The lowest BCUT2D eigenvalue weighted by molar-refractivity contribution is 0.0947. The molecule has 132 valence electrons. The molecule has 0 radical (unpaired) electrons. The Morgan fingerprint density at radius 1 is 1.12 bits per heavy atom. The Bertz CT molecular complexity index is 1010. The summed E-state index contributed by atoms with van der Waals surface area (Å²) in [4.78, 5) is 23.9. The molecule has 0 saturated heterocycles. The molecule has 0 bridgehead atoms. The summed E-state index contributed by atoms with van der Waals surface area (Å²) < 4.78 is 14.2. The zero-order chi connectivity index (χ0) is 18.7. The molecule has 26 heavy (non-hydrogen) atoms. The quantitative estimate of drug-likeness (QED) is 0.758. The molecule has 1 aromatic heterocycles. The largest absolute Gasteiger partial charge is 0.502 e. The van der Waals surface area contributed by atoms with Crippen molar-refractivity contribution in [2.75, 3.05) is 0 Å². The van der Waals surface area contributed by atoms with Crippen LogP contribution in [0.25, 0.3) is 11.1 Å². The van der Waals surface area contributed by atoms with Gasteiger partial charge in [-0.05, 0) is 41.0 Å². The van der Waals surface area contributed by atoms with Crippen molar-refractivity contribution in [3.63, 3.8) is 0 Å². The lowest BCUT2D eigenvalue weighted by Gasteiger charge is -2.09. The second-order valence-corrected chi connectivity index (χ2v) is 5.88. The molecule has 1 heterocycles. The Labute approximate surface area is 149 Å². The average molecular weight is 352 g/mol. The fraction of sp³-hybridized carbons (Fsp3) is 0.100. The molecule has 0 aliphatic carbocycles. The lowest BCUT2D eigenvalue weighted by atomic mass is 10.0. The van der Waals surface area contributed by atoms with Gasteiger partial charge < -0.3 is 15.0 Å². The SMILES string of the molecule is Cn1ccc(C(=O)NCc2cccc(-c3ccc(F)cc3)c2)c(O)c1=O. The summed E-state index contributed by atoms with van der Waals surface area (Å²) in [7, 11) is 1.49. The summed E-state index contributed by atoms with van der Waals surface area (Å²) in [6.07, 6.45) is 1.42. The number of nitrogens with zero attached hydrogens (tertiary/aromatic N) is 1. The van der Waals surface area contributed by atoms with Crippen LogP contribution >= 0.6 is 0 Å². The molecule has 0 aliphatic rings.